The molecule has 4 nitrogen and oxygen atoms in total. The first-order chi connectivity index (χ1) is 10.3. The normalized spacial score (nSPS) is 17.9. The largest absolute Gasteiger partial charge is 0.363 e. The summed E-state index contributed by atoms with van der Waals surface area (Å²) in [6.07, 6.45) is 4.88. The van der Waals surface area contributed by atoms with Gasteiger partial charge in [-0.05, 0) is 37.0 Å². The van der Waals surface area contributed by atoms with Crippen LogP contribution in [-0.2, 0) is 6.42 Å². The van der Waals surface area contributed by atoms with Gasteiger partial charge in [0, 0.05) is 25.0 Å². The number of carbonyl (C=O) groups excluding carboxylic acids is 1. The van der Waals surface area contributed by atoms with Crippen LogP contribution in [0.5, 0.6) is 0 Å². The number of hydrogen-bond acceptors (Lipinski definition) is 1. The molecule has 0 spiro atoms. The van der Waals surface area contributed by atoms with Crippen molar-refractivity contribution < 1.29 is 4.79 Å². The van der Waals surface area contributed by atoms with E-state index in [0.29, 0.717) is 6.54 Å². The van der Waals surface area contributed by atoms with Crippen LogP contribution in [0.2, 0.25) is 0 Å². The molecular weight excluding hydrogens is 262 g/mol. The van der Waals surface area contributed by atoms with Gasteiger partial charge in [-0.2, -0.15) is 0 Å². The fourth-order valence-corrected chi connectivity index (χ4v) is 2.94. The van der Waals surface area contributed by atoms with E-state index in [2.05, 4.69) is 28.5 Å². The second-order valence-electron chi connectivity index (χ2n) is 5.44. The molecule has 0 unspecified atom stereocenters. The minimum atomic E-state index is 0.0445. The predicted octanol–water partition coefficient (Wildman–Crippen LogP) is 3.10. The Balaban J connectivity index is 1.53. The summed E-state index contributed by atoms with van der Waals surface area (Å²) in [5, 5.41) is 3.04. The number of benzene rings is 1. The number of amides is 2. The Morgan fingerprint density at radius 2 is 2.10 bits per heavy atom. The van der Waals surface area contributed by atoms with Gasteiger partial charge in [0.1, 0.15) is 0 Å². The van der Waals surface area contributed by atoms with Crippen LogP contribution in [0.15, 0.2) is 48.7 Å². The summed E-state index contributed by atoms with van der Waals surface area (Å²) in [7, 11) is 0. The molecule has 2 N–H and O–H groups in total. The van der Waals surface area contributed by atoms with E-state index in [1.165, 1.54) is 5.56 Å². The van der Waals surface area contributed by atoms with E-state index in [4.69, 9.17) is 0 Å². The van der Waals surface area contributed by atoms with E-state index in [9.17, 15) is 4.79 Å². The zero-order valence-electron chi connectivity index (χ0n) is 12.1. The smallest absolute Gasteiger partial charge is 0.317 e. The van der Waals surface area contributed by atoms with Crippen LogP contribution in [0, 0.1) is 0 Å². The molecule has 1 aromatic heterocycles. The third kappa shape index (κ3) is 3.27. The fourth-order valence-electron chi connectivity index (χ4n) is 2.94. The number of aromatic nitrogens is 1. The van der Waals surface area contributed by atoms with Gasteiger partial charge in [-0.3, -0.25) is 0 Å². The lowest BCUT2D eigenvalue weighted by atomic mass is 10.1. The van der Waals surface area contributed by atoms with Crippen molar-refractivity contribution >= 4 is 6.03 Å². The minimum absolute atomic E-state index is 0.0445. The first-order valence-corrected chi connectivity index (χ1v) is 7.56. The van der Waals surface area contributed by atoms with Crippen molar-refractivity contribution in [2.45, 2.75) is 25.3 Å². The van der Waals surface area contributed by atoms with Crippen LogP contribution >= 0.6 is 0 Å². The summed E-state index contributed by atoms with van der Waals surface area (Å²) in [6, 6.07) is 14.5. The molecule has 1 aliphatic rings. The number of urea groups is 1. The molecule has 110 valence electrons. The Bertz CT molecular complexity index is 565. The molecule has 3 rings (SSSR count). The Kier molecular flexibility index (Phi) is 4.24. The van der Waals surface area contributed by atoms with Gasteiger partial charge in [0.25, 0.3) is 0 Å². The number of H-pyrrole nitrogens is 1. The predicted molar refractivity (Wildman–Crippen MR) is 83.0 cm³/mol. The third-order valence-electron chi connectivity index (χ3n) is 4.03. The lowest BCUT2D eigenvalue weighted by Crippen LogP contribution is -2.40. The number of rotatable bonds is 4. The van der Waals surface area contributed by atoms with E-state index in [1.54, 1.807) is 0 Å². The van der Waals surface area contributed by atoms with Gasteiger partial charge < -0.3 is 15.2 Å². The second kappa shape index (κ2) is 6.48. The Morgan fingerprint density at radius 1 is 1.24 bits per heavy atom. The summed E-state index contributed by atoms with van der Waals surface area (Å²) in [6.45, 7) is 1.51. The second-order valence-corrected chi connectivity index (χ2v) is 5.44. The van der Waals surface area contributed by atoms with Crippen molar-refractivity contribution in [2.75, 3.05) is 13.1 Å². The number of nitrogens with one attached hydrogen (secondary N) is 2. The highest BCUT2D eigenvalue weighted by Crippen LogP contribution is 2.30. The molecule has 0 saturated carbocycles. The number of nitrogens with zero attached hydrogens (tertiary/aromatic N) is 1. The van der Waals surface area contributed by atoms with Gasteiger partial charge in [-0.15, -0.1) is 0 Å². The molecule has 1 saturated heterocycles. The van der Waals surface area contributed by atoms with Gasteiger partial charge in [0.05, 0.1) is 6.04 Å². The number of aromatic amines is 1. The summed E-state index contributed by atoms with van der Waals surface area (Å²) in [4.78, 5) is 17.5. The Labute approximate surface area is 125 Å². The fraction of sp³-hybridized carbons (Fsp3) is 0.353. The maximum absolute atomic E-state index is 12.3. The van der Waals surface area contributed by atoms with Crippen LogP contribution in [0.1, 0.15) is 30.1 Å². The van der Waals surface area contributed by atoms with Crippen LogP contribution in [0.25, 0.3) is 0 Å². The van der Waals surface area contributed by atoms with Crippen LogP contribution in [0.3, 0.4) is 0 Å². The maximum Gasteiger partial charge on any atom is 0.317 e. The first-order valence-electron chi connectivity index (χ1n) is 7.56. The van der Waals surface area contributed by atoms with Crippen molar-refractivity contribution in [3.63, 3.8) is 0 Å². The lowest BCUT2D eigenvalue weighted by molar-refractivity contribution is 0.192. The zero-order chi connectivity index (χ0) is 14.5. The van der Waals surface area contributed by atoms with E-state index < -0.39 is 0 Å². The minimum Gasteiger partial charge on any atom is -0.363 e. The van der Waals surface area contributed by atoms with Crippen molar-refractivity contribution in [1.82, 2.24) is 15.2 Å². The van der Waals surface area contributed by atoms with E-state index in [-0.39, 0.29) is 12.1 Å². The van der Waals surface area contributed by atoms with Crippen molar-refractivity contribution in [1.29, 1.82) is 0 Å². The highest BCUT2D eigenvalue weighted by atomic mass is 16.2. The van der Waals surface area contributed by atoms with Gasteiger partial charge >= 0.3 is 6.03 Å². The molecule has 1 atom stereocenters. The van der Waals surface area contributed by atoms with Gasteiger partial charge in [-0.25, -0.2) is 4.79 Å². The average Bonchev–Trinajstić information content (AvgIpc) is 3.19. The summed E-state index contributed by atoms with van der Waals surface area (Å²) in [5.41, 5.74) is 2.38. The molecule has 1 fully saturated rings. The summed E-state index contributed by atoms with van der Waals surface area (Å²) < 4.78 is 0. The van der Waals surface area contributed by atoms with Crippen molar-refractivity contribution in [3.8, 4) is 0 Å². The molecule has 1 aliphatic heterocycles. The SMILES string of the molecule is O=C(NCCc1ccccc1)N1CCC[C@@H]1c1ccc[nH]1. The Hall–Kier alpha value is -2.23. The highest BCUT2D eigenvalue weighted by Gasteiger charge is 2.30. The maximum atomic E-state index is 12.3. The quantitative estimate of drug-likeness (QED) is 0.890. The van der Waals surface area contributed by atoms with Gasteiger partial charge in [0.15, 0.2) is 0 Å². The van der Waals surface area contributed by atoms with Crippen molar-refractivity contribution in [2.24, 2.45) is 0 Å². The van der Waals surface area contributed by atoms with Crippen LogP contribution in [0.4, 0.5) is 4.79 Å². The monoisotopic (exact) mass is 283 g/mol. The molecule has 0 aliphatic carbocycles. The van der Waals surface area contributed by atoms with Gasteiger partial charge in [0.2, 0.25) is 0 Å². The third-order valence-corrected chi connectivity index (χ3v) is 4.03. The molecule has 2 aromatic rings. The van der Waals surface area contributed by atoms with Gasteiger partial charge in [-0.1, -0.05) is 30.3 Å². The first kappa shape index (κ1) is 13.7. The zero-order valence-corrected chi connectivity index (χ0v) is 12.1. The molecule has 2 heterocycles. The molecule has 21 heavy (non-hydrogen) atoms. The van der Waals surface area contributed by atoms with E-state index in [1.807, 2.05) is 35.4 Å². The summed E-state index contributed by atoms with van der Waals surface area (Å²) >= 11 is 0. The number of likely N-dealkylation sites (tertiary alicyclic amines) is 1. The van der Waals surface area contributed by atoms with Crippen molar-refractivity contribution in [3.05, 3.63) is 59.9 Å². The molecule has 1 aromatic carbocycles. The summed E-state index contributed by atoms with van der Waals surface area (Å²) in [5.74, 6) is 0. The average molecular weight is 283 g/mol. The lowest BCUT2D eigenvalue weighted by Gasteiger charge is -2.24. The van der Waals surface area contributed by atoms with E-state index >= 15 is 0 Å². The van der Waals surface area contributed by atoms with Crippen LogP contribution < -0.4 is 5.32 Å². The van der Waals surface area contributed by atoms with Crippen LogP contribution in [-0.4, -0.2) is 29.0 Å². The molecule has 0 radical (unpaired) electrons. The number of hydrogen-bond donors (Lipinski definition) is 2. The highest BCUT2D eigenvalue weighted by molar-refractivity contribution is 5.75. The molecule has 2 amide bonds. The molecular formula is C17H21N3O. The van der Waals surface area contributed by atoms with E-state index in [0.717, 1.165) is 31.5 Å². The standard InChI is InChI=1S/C17H21N3O/c21-17(19-12-10-14-6-2-1-3-7-14)20-13-5-9-16(20)15-8-4-11-18-15/h1-4,6-8,11,16,18H,5,9-10,12-13H2,(H,19,21)/t16-/m1/s1. The molecule has 4 heteroatoms. The Morgan fingerprint density at radius 3 is 2.86 bits per heavy atom. The molecule has 0 bridgehead atoms. The number of carbonyl (C=O) groups is 1. The topological polar surface area (TPSA) is 48.1 Å².